The maximum absolute atomic E-state index is 12.7. The fraction of sp³-hybridized carbons (Fsp3) is 0.632. The summed E-state index contributed by atoms with van der Waals surface area (Å²) in [4.78, 5) is 14.5. The predicted octanol–water partition coefficient (Wildman–Crippen LogP) is 2.18. The van der Waals surface area contributed by atoms with Crippen molar-refractivity contribution in [3.63, 3.8) is 0 Å². The summed E-state index contributed by atoms with van der Waals surface area (Å²) < 4.78 is 22.7. The van der Waals surface area contributed by atoms with Gasteiger partial charge in [0.25, 0.3) is 5.91 Å². The Morgan fingerprint density at radius 3 is 2.80 bits per heavy atom. The molecule has 2 fully saturated rings. The SMILES string of the molecule is COc1cc(C)ccc1OCC(=O)N1CC(C)OC2(CCOCC2)C1. The van der Waals surface area contributed by atoms with E-state index in [9.17, 15) is 4.79 Å². The number of hydrogen-bond acceptors (Lipinski definition) is 5. The van der Waals surface area contributed by atoms with Gasteiger partial charge in [-0.15, -0.1) is 0 Å². The maximum atomic E-state index is 12.7. The molecule has 3 rings (SSSR count). The van der Waals surface area contributed by atoms with E-state index in [0.717, 1.165) is 18.4 Å². The minimum absolute atomic E-state index is 0.00127. The van der Waals surface area contributed by atoms with E-state index in [1.165, 1.54) is 0 Å². The number of amides is 1. The number of rotatable bonds is 4. The highest BCUT2D eigenvalue weighted by Gasteiger charge is 2.42. The Bertz CT molecular complexity index is 612. The Hall–Kier alpha value is -1.79. The summed E-state index contributed by atoms with van der Waals surface area (Å²) >= 11 is 0. The van der Waals surface area contributed by atoms with E-state index in [0.29, 0.717) is 37.8 Å². The van der Waals surface area contributed by atoms with Crippen molar-refractivity contribution in [1.29, 1.82) is 0 Å². The third-order valence-electron chi connectivity index (χ3n) is 4.83. The Kier molecular flexibility index (Phi) is 5.49. The van der Waals surface area contributed by atoms with Crippen LogP contribution < -0.4 is 9.47 Å². The maximum Gasteiger partial charge on any atom is 0.260 e. The van der Waals surface area contributed by atoms with Crippen LogP contribution in [0.15, 0.2) is 18.2 Å². The topological polar surface area (TPSA) is 57.2 Å². The van der Waals surface area contributed by atoms with Crippen LogP contribution in [0.25, 0.3) is 0 Å². The normalized spacial score (nSPS) is 22.7. The lowest BCUT2D eigenvalue weighted by atomic mass is 9.91. The summed E-state index contributed by atoms with van der Waals surface area (Å²) in [5.41, 5.74) is 0.812. The molecule has 0 bridgehead atoms. The molecule has 0 aromatic heterocycles. The van der Waals surface area contributed by atoms with Crippen LogP contribution in [0.2, 0.25) is 0 Å². The van der Waals surface area contributed by atoms with E-state index >= 15 is 0 Å². The van der Waals surface area contributed by atoms with Crippen molar-refractivity contribution in [3.8, 4) is 11.5 Å². The van der Waals surface area contributed by atoms with Gasteiger partial charge in [-0.25, -0.2) is 0 Å². The minimum Gasteiger partial charge on any atom is -0.493 e. The molecule has 1 amide bonds. The van der Waals surface area contributed by atoms with E-state index in [1.54, 1.807) is 7.11 Å². The first-order valence-corrected chi connectivity index (χ1v) is 8.82. The summed E-state index contributed by atoms with van der Waals surface area (Å²) in [7, 11) is 1.60. The van der Waals surface area contributed by atoms with Crippen molar-refractivity contribution in [3.05, 3.63) is 23.8 Å². The van der Waals surface area contributed by atoms with E-state index in [-0.39, 0.29) is 24.2 Å². The highest BCUT2D eigenvalue weighted by molar-refractivity contribution is 5.78. The summed E-state index contributed by atoms with van der Waals surface area (Å²) in [6, 6.07) is 5.67. The molecule has 6 nitrogen and oxygen atoms in total. The molecule has 6 heteroatoms. The average molecular weight is 349 g/mol. The molecular formula is C19H27NO5. The number of benzene rings is 1. The zero-order valence-corrected chi connectivity index (χ0v) is 15.2. The molecule has 1 aromatic carbocycles. The summed E-state index contributed by atoms with van der Waals surface area (Å²) in [5.74, 6) is 1.20. The van der Waals surface area contributed by atoms with Crippen LogP contribution in [-0.4, -0.2) is 62.5 Å². The Morgan fingerprint density at radius 1 is 1.32 bits per heavy atom. The van der Waals surface area contributed by atoms with Gasteiger partial charge in [-0.1, -0.05) is 6.07 Å². The second kappa shape index (κ2) is 7.62. The van der Waals surface area contributed by atoms with Crippen LogP contribution in [-0.2, 0) is 14.3 Å². The van der Waals surface area contributed by atoms with Gasteiger partial charge in [0.2, 0.25) is 0 Å². The van der Waals surface area contributed by atoms with E-state index in [4.69, 9.17) is 18.9 Å². The molecule has 0 aliphatic carbocycles. The van der Waals surface area contributed by atoms with E-state index in [1.807, 2.05) is 36.9 Å². The molecule has 1 aromatic rings. The Balaban J connectivity index is 1.62. The first kappa shape index (κ1) is 18.0. The smallest absolute Gasteiger partial charge is 0.260 e. The van der Waals surface area contributed by atoms with Crippen LogP contribution in [0.4, 0.5) is 0 Å². The first-order chi connectivity index (χ1) is 12.0. The minimum atomic E-state index is -0.271. The third kappa shape index (κ3) is 4.25. The fourth-order valence-electron chi connectivity index (χ4n) is 3.56. The average Bonchev–Trinajstić information content (AvgIpc) is 2.60. The molecule has 138 valence electrons. The van der Waals surface area contributed by atoms with Gasteiger partial charge in [0.1, 0.15) is 0 Å². The molecule has 1 spiro atoms. The zero-order valence-electron chi connectivity index (χ0n) is 15.2. The van der Waals surface area contributed by atoms with Gasteiger partial charge in [0.05, 0.1) is 25.4 Å². The molecule has 1 unspecified atom stereocenters. The van der Waals surface area contributed by atoms with Crippen LogP contribution >= 0.6 is 0 Å². The standard InChI is InChI=1S/C19H27NO5/c1-14-4-5-16(17(10-14)22-3)24-12-18(21)20-11-15(2)25-19(13-20)6-8-23-9-7-19/h4-5,10,15H,6-9,11-13H2,1-3H3. The Labute approximate surface area is 149 Å². The van der Waals surface area contributed by atoms with Crippen molar-refractivity contribution in [2.24, 2.45) is 0 Å². The molecule has 2 aliphatic heterocycles. The Morgan fingerprint density at radius 2 is 2.08 bits per heavy atom. The van der Waals surface area contributed by atoms with Crippen LogP contribution in [0, 0.1) is 6.92 Å². The highest BCUT2D eigenvalue weighted by atomic mass is 16.5. The predicted molar refractivity (Wildman–Crippen MR) is 93.1 cm³/mol. The molecule has 25 heavy (non-hydrogen) atoms. The van der Waals surface area contributed by atoms with Gasteiger partial charge in [0, 0.05) is 32.6 Å². The highest BCUT2D eigenvalue weighted by Crippen LogP contribution is 2.32. The molecule has 1 atom stereocenters. The third-order valence-corrected chi connectivity index (χ3v) is 4.83. The number of aryl methyl sites for hydroxylation is 1. The molecule has 0 saturated carbocycles. The summed E-state index contributed by atoms with van der Waals surface area (Å²) in [5, 5.41) is 0. The summed E-state index contributed by atoms with van der Waals surface area (Å²) in [6.07, 6.45) is 1.67. The lowest BCUT2D eigenvalue weighted by Gasteiger charge is -2.47. The van der Waals surface area contributed by atoms with Crippen molar-refractivity contribution in [1.82, 2.24) is 4.90 Å². The molecule has 2 aliphatic rings. The molecule has 2 saturated heterocycles. The van der Waals surface area contributed by atoms with Gasteiger partial charge in [-0.3, -0.25) is 4.79 Å². The van der Waals surface area contributed by atoms with Crippen molar-refractivity contribution >= 4 is 5.91 Å². The van der Waals surface area contributed by atoms with Gasteiger partial charge in [-0.05, 0) is 31.5 Å². The number of morpholine rings is 1. The lowest BCUT2D eigenvalue weighted by molar-refractivity contribution is -0.190. The molecular weight excluding hydrogens is 322 g/mol. The zero-order chi connectivity index (χ0) is 17.9. The number of hydrogen-bond donors (Lipinski definition) is 0. The van der Waals surface area contributed by atoms with Gasteiger partial charge in [-0.2, -0.15) is 0 Å². The van der Waals surface area contributed by atoms with Gasteiger partial charge in [0.15, 0.2) is 18.1 Å². The number of methoxy groups -OCH3 is 1. The quantitative estimate of drug-likeness (QED) is 0.834. The monoisotopic (exact) mass is 349 g/mol. The van der Waals surface area contributed by atoms with Crippen LogP contribution in [0.1, 0.15) is 25.3 Å². The number of carbonyl (C=O) groups excluding carboxylic acids is 1. The van der Waals surface area contributed by atoms with Crippen LogP contribution in [0.5, 0.6) is 11.5 Å². The largest absolute Gasteiger partial charge is 0.493 e. The van der Waals surface area contributed by atoms with Crippen molar-refractivity contribution in [2.45, 2.75) is 38.4 Å². The van der Waals surface area contributed by atoms with Gasteiger partial charge < -0.3 is 23.8 Å². The number of carbonyl (C=O) groups is 1. The summed E-state index contributed by atoms with van der Waals surface area (Å²) in [6.45, 7) is 6.57. The number of ether oxygens (including phenoxy) is 4. The molecule has 0 N–H and O–H groups in total. The lowest BCUT2D eigenvalue weighted by Crippen LogP contribution is -2.59. The first-order valence-electron chi connectivity index (χ1n) is 8.82. The second-order valence-electron chi connectivity index (χ2n) is 6.94. The molecule has 0 radical (unpaired) electrons. The van der Waals surface area contributed by atoms with E-state index < -0.39 is 0 Å². The van der Waals surface area contributed by atoms with Gasteiger partial charge >= 0.3 is 0 Å². The second-order valence-corrected chi connectivity index (χ2v) is 6.94. The van der Waals surface area contributed by atoms with Crippen LogP contribution in [0.3, 0.4) is 0 Å². The molecule has 2 heterocycles. The van der Waals surface area contributed by atoms with Crippen molar-refractivity contribution < 1.29 is 23.7 Å². The fourth-order valence-corrected chi connectivity index (χ4v) is 3.56. The van der Waals surface area contributed by atoms with Crippen molar-refractivity contribution in [2.75, 3.05) is 40.0 Å². The number of nitrogens with zero attached hydrogens (tertiary/aromatic N) is 1. The van der Waals surface area contributed by atoms with E-state index in [2.05, 4.69) is 0 Å².